The summed E-state index contributed by atoms with van der Waals surface area (Å²) in [5, 5.41) is 13.3. The summed E-state index contributed by atoms with van der Waals surface area (Å²) in [6.45, 7) is 5.20. The summed E-state index contributed by atoms with van der Waals surface area (Å²) < 4.78 is 1.95. The standard InChI is InChI=1S/C21H24N4OS2/c1-15(2)16-5-7-18(8-6-16)25-14-22-23-21(25)28-13-20(26)24-10-3-4-19(24)17-9-11-27-12-17/h5-9,11-12,14-15,19H,3-4,10,13H2,1-2H3. The van der Waals surface area contributed by atoms with Crippen LogP contribution < -0.4 is 0 Å². The summed E-state index contributed by atoms with van der Waals surface area (Å²) in [4.78, 5) is 14.9. The molecule has 2 aromatic heterocycles. The summed E-state index contributed by atoms with van der Waals surface area (Å²) in [7, 11) is 0. The molecule has 0 bridgehead atoms. The molecule has 1 unspecified atom stereocenters. The second-order valence-electron chi connectivity index (χ2n) is 7.32. The molecule has 0 radical (unpaired) electrons. The zero-order valence-corrected chi connectivity index (χ0v) is 17.7. The molecule has 3 heterocycles. The number of carbonyl (C=O) groups is 1. The number of rotatable bonds is 6. The average Bonchev–Trinajstić information content (AvgIpc) is 3.47. The fraction of sp³-hybridized carbons (Fsp3) is 0.381. The van der Waals surface area contributed by atoms with Crippen LogP contribution in [0.2, 0.25) is 0 Å². The van der Waals surface area contributed by atoms with E-state index in [9.17, 15) is 4.79 Å². The highest BCUT2D eigenvalue weighted by Crippen LogP contribution is 2.34. The largest absolute Gasteiger partial charge is 0.335 e. The summed E-state index contributed by atoms with van der Waals surface area (Å²) in [5.74, 6) is 1.05. The Balaban J connectivity index is 1.43. The highest BCUT2D eigenvalue weighted by molar-refractivity contribution is 7.99. The summed E-state index contributed by atoms with van der Waals surface area (Å²) in [6, 6.07) is 10.8. The van der Waals surface area contributed by atoms with Gasteiger partial charge in [0.2, 0.25) is 5.91 Å². The van der Waals surface area contributed by atoms with Gasteiger partial charge in [-0.2, -0.15) is 11.3 Å². The smallest absolute Gasteiger partial charge is 0.233 e. The Labute approximate surface area is 173 Å². The van der Waals surface area contributed by atoms with E-state index in [1.165, 1.54) is 22.9 Å². The van der Waals surface area contributed by atoms with E-state index in [0.29, 0.717) is 11.7 Å². The molecule has 0 saturated carbocycles. The third kappa shape index (κ3) is 4.00. The summed E-state index contributed by atoms with van der Waals surface area (Å²) in [6.07, 6.45) is 3.82. The van der Waals surface area contributed by atoms with Crippen molar-refractivity contribution in [1.82, 2.24) is 19.7 Å². The Bertz CT molecular complexity index is 918. The molecule has 5 nitrogen and oxygen atoms in total. The molecule has 7 heteroatoms. The lowest BCUT2D eigenvalue weighted by Crippen LogP contribution is -2.31. The number of hydrogen-bond donors (Lipinski definition) is 0. The number of benzene rings is 1. The minimum absolute atomic E-state index is 0.170. The molecule has 3 aromatic rings. The van der Waals surface area contributed by atoms with Crippen LogP contribution in [0, 0.1) is 0 Å². The van der Waals surface area contributed by atoms with Crippen LogP contribution >= 0.6 is 23.1 Å². The molecular weight excluding hydrogens is 388 g/mol. The normalized spacial score (nSPS) is 16.8. The van der Waals surface area contributed by atoms with E-state index < -0.39 is 0 Å². The first-order chi connectivity index (χ1) is 13.6. The van der Waals surface area contributed by atoms with Crippen molar-refractivity contribution >= 4 is 29.0 Å². The number of hydrogen-bond acceptors (Lipinski definition) is 5. The molecule has 0 spiro atoms. The highest BCUT2D eigenvalue weighted by Gasteiger charge is 2.30. The second kappa shape index (κ2) is 8.49. The third-order valence-electron chi connectivity index (χ3n) is 5.18. The van der Waals surface area contributed by atoms with Gasteiger partial charge in [0.1, 0.15) is 6.33 Å². The zero-order valence-electron chi connectivity index (χ0n) is 16.1. The van der Waals surface area contributed by atoms with Crippen LogP contribution in [0.1, 0.15) is 49.8 Å². The number of nitrogens with zero attached hydrogens (tertiary/aromatic N) is 4. The zero-order chi connectivity index (χ0) is 19.5. The van der Waals surface area contributed by atoms with Crippen LogP contribution in [-0.4, -0.2) is 37.9 Å². The van der Waals surface area contributed by atoms with E-state index in [-0.39, 0.29) is 11.9 Å². The Hall–Kier alpha value is -2.12. The maximum absolute atomic E-state index is 12.9. The van der Waals surface area contributed by atoms with Crippen molar-refractivity contribution < 1.29 is 4.79 Å². The molecule has 1 aliphatic heterocycles. The Morgan fingerprint density at radius 1 is 1.29 bits per heavy atom. The van der Waals surface area contributed by atoms with Crippen LogP contribution in [0.5, 0.6) is 0 Å². The maximum Gasteiger partial charge on any atom is 0.233 e. The monoisotopic (exact) mass is 412 g/mol. The lowest BCUT2D eigenvalue weighted by molar-refractivity contribution is -0.129. The minimum atomic E-state index is 0.170. The Kier molecular flexibility index (Phi) is 5.82. The van der Waals surface area contributed by atoms with Crippen LogP contribution in [0.15, 0.2) is 52.6 Å². The van der Waals surface area contributed by atoms with Crippen molar-refractivity contribution in [2.24, 2.45) is 0 Å². The topological polar surface area (TPSA) is 51.0 Å². The first-order valence-electron chi connectivity index (χ1n) is 9.58. The van der Waals surface area contributed by atoms with Crippen molar-refractivity contribution in [2.75, 3.05) is 12.3 Å². The Morgan fingerprint density at radius 2 is 2.11 bits per heavy atom. The molecule has 0 aliphatic carbocycles. The molecule has 1 amide bonds. The van der Waals surface area contributed by atoms with Crippen molar-refractivity contribution in [2.45, 2.75) is 43.8 Å². The Morgan fingerprint density at radius 3 is 2.82 bits per heavy atom. The van der Waals surface area contributed by atoms with Gasteiger partial charge in [-0.3, -0.25) is 9.36 Å². The molecule has 1 aromatic carbocycles. The van der Waals surface area contributed by atoms with Gasteiger partial charge in [0.15, 0.2) is 5.16 Å². The van der Waals surface area contributed by atoms with Gasteiger partial charge in [-0.1, -0.05) is 37.7 Å². The second-order valence-corrected chi connectivity index (χ2v) is 9.04. The average molecular weight is 413 g/mol. The molecular formula is C21H24N4OS2. The van der Waals surface area contributed by atoms with E-state index in [1.54, 1.807) is 17.7 Å². The molecule has 28 heavy (non-hydrogen) atoms. The van der Waals surface area contributed by atoms with Crippen molar-refractivity contribution in [3.63, 3.8) is 0 Å². The maximum atomic E-state index is 12.9. The van der Waals surface area contributed by atoms with Gasteiger partial charge < -0.3 is 4.90 Å². The van der Waals surface area contributed by atoms with Gasteiger partial charge in [-0.05, 0) is 58.8 Å². The predicted molar refractivity (Wildman–Crippen MR) is 114 cm³/mol. The lowest BCUT2D eigenvalue weighted by atomic mass is 10.0. The first-order valence-corrected chi connectivity index (χ1v) is 11.5. The number of carbonyl (C=O) groups excluding carboxylic acids is 1. The highest BCUT2D eigenvalue weighted by atomic mass is 32.2. The van der Waals surface area contributed by atoms with Crippen LogP contribution in [0.4, 0.5) is 0 Å². The van der Waals surface area contributed by atoms with Gasteiger partial charge in [0.05, 0.1) is 11.8 Å². The predicted octanol–water partition coefficient (Wildman–Crippen LogP) is 4.91. The molecule has 1 atom stereocenters. The van der Waals surface area contributed by atoms with E-state index in [1.807, 2.05) is 9.47 Å². The molecule has 4 rings (SSSR count). The molecule has 1 saturated heterocycles. The molecule has 1 fully saturated rings. The van der Waals surface area contributed by atoms with Crippen molar-refractivity contribution in [3.05, 3.63) is 58.5 Å². The number of amides is 1. The van der Waals surface area contributed by atoms with Gasteiger partial charge in [0, 0.05) is 12.2 Å². The quantitative estimate of drug-likeness (QED) is 0.540. The van der Waals surface area contributed by atoms with E-state index in [0.717, 1.165) is 30.2 Å². The molecule has 146 valence electrons. The third-order valence-corrected chi connectivity index (χ3v) is 6.81. The molecule has 1 aliphatic rings. The van der Waals surface area contributed by atoms with E-state index in [4.69, 9.17) is 0 Å². The lowest BCUT2D eigenvalue weighted by Gasteiger charge is -2.24. The fourth-order valence-electron chi connectivity index (χ4n) is 3.61. The van der Waals surface area contributed by atoms with E-state index in [2.05, 4.69) is 65.1 Å². The van der Waals surface area contributed by atoms with Gasteiger partial charge in [0.25, 0.3) is 0 Å². The number of likely N-dealkylation sites (tertiary alicyclic amines) is 1. The number of thioether (sulfide) groups is 1. The molecule has 0 N–H and O–H groups in total. The van der Waals surface area contributed by atoms with Gasteiger partial charge >= 0.3 is 0 Å². The number of aromatic nitrogens is 3. The minimum Gasteiger partial charge on any atom is -0.335 e. The SMILES string of the molecule is CC(C)c1ccc(-n2cnnc2SCC(=O)N2CCCC2c2ccsc2)cc1. The van der Waals surface area contributed by atoms with Crippen molar-refractivity contribution in [1.29, 1.82) is 0 Å². The number of thiophene rings is 1. The van der Waals surface area contributed by atoms with Crippen LogP contribution in [-0.2, 0) is 4.79 Å². The van der Waals surface area contributed by atoms with Gasteiger partial charge in [-0.15, -0.1) is 10.2 Å². The first kappa shape index (κ1) is 19.2. The summed E-state index contributed by atoms with van der Waals surface area (Å²) >= 11 is 3.14. The van der Waals surface area contributed by atoms with Gasteiger partial charge in [-0.25, -0.2) is 0 Å². The summed E-state index contributed by atoms with van der Waals surface area (Å²) in [5.41, 5.74) is 3.57. The fourth-order valence-corrected chi connectivity index (χ4v) is 5.13. The van der Waals surface area contributed by atoms with Crippen LogP contribution in [0.3, 0.4) is 0 Å². The van der Waals surface area contributed by atoms with E-state index >= 15 is 0 Å². The van der Waals surface area contributed by atoms with Crippen molar-refractivity contribution in [3.8, 4) is 5.69 Å². The van der Waals surface area contributed by atoms with Crippen LogP contribution in [0.25, 0.3) is 5.69 Å².